The standard InChI is InChI=1S/C12H15NO/c1-8-7-10-5-4-6-11(9(2)14)12(10)13(8)3/h4-6,8H,7H2,1-3H3. The summed E-state index contributed by atoms with van der Waals surface area (Å²) >= 11 is 0. The summed E-state index contributed by atoms with van der Waals surface area (Å²) in [6.07, 6.45) is 1.05. The Morgan fingerprint density at radius 2 is 2.21 bits per heavy atom. The van der Waals surface area contributed by atoms with Crippen LogP contribution in [-0.2, 0) is 6.42 Å². The number of Topliss-reactive ketones (excluding diaryl/α,β-unsaturated/α-hetero) is 1. The molecule has 0 aliphatic carbocycles. The topological polar surface area (TPSA) is 20.3 Å². The Kier molecular flexibility index (Phi) is 2.06. The molecule has 0 amide bonds. The van der Waals surface area contributed by atoms with Crippen molar-refractivity contribution >= 4 is 11.5 Å². The Balaban J connectivity index is 2.58. The minimum atomic E-state index is 0.155. The molecule has 0 fully saturated rings. The highest BCUT2D eigenvalue weighted by atomic mass is 16.1. The van der Waals surface area contributed by atoms with Crippen molar-refractivity contribution in [1.29, 1.82) is 0 Å². The van der Waals surface area contributed by atoms with Gasteiger partial charge in [-0.25, -0.2) is 0 Å². The number of para-hydroxylation sites is 1. The molecular weight excluding hydrogens is 174 g/mol. The van der Waals surface area contributed by atoms with Crippen LogP contribution in [0.3, 0.4) is 0 Å². The smallest absolute Gasteiger partial charge is 0.161 e. The van der Waals surface area contributed by atoms with Crippen molar-refractivity contribution in [3.05, 3.63) is 29.3 Å². The lowest BCUT2D eigenvalue weighted by atomic mass is 10.0. The van der Waals surface area contributed by atoms with E-state index in [2.05, 4.69) is 24.9 Å². The lowest BCUT2D eigenvalue weighted by Crippen LogP contribution is -2.25. The van der Waals surface area contributed by atoms with E-state index in [-0.39, 0.29) is 5.78 Å². The maximum absolute atomic E-state index is 11.4. The molecular formula is C12H15NO. The van der Waals surface area contributed by atoms with E-state index in [4.69, 9.17) is 0 Å². The molecule has 0 spiro atoms. The van der Waals surface area contributed by atoms with Crippen LogP contribution in [0.4, 0.5) is 5.69 Å². The van der Waals surface area contributed by atoms with E-state index >= 15 is 0 Å². The van der Waals surface area contributed by atoms with Gasteiger partial charge in [0.1, 0.15) is 0 Å². The zero-order valence-corrected chi connectivity index (χ0v) is 8.87. The fourth-order valence-electron chi connectivity index (χ4n) is 2.13. The van der Waals surface area contributed by atoms with Gasteiger partial charge in [0, 0.05) is 18.7 Å². The SMILES string of the molecule is CC(=O)c1cccc2c1N(C)C(C)C2. The zero-order valence-electron chi connectivity index (χ0n) is 8.87. The summed E-state index contributed by atoms with van der Waals surface area (Å²) in [5.74, 6) is 0.155. The molecule has 2 rings (SSSR count). The summed E-state index contributed by atoms with van der Waals surface area (Å²) < 4.78 is 0. The second kappa shape index (κ2) is 3.12. The molecule has 1 aromatic carbocycles. The number of hydrogen-bond acceptors (Lipinski definition) is 2. The van der Waals surface area contributed by atoms with E-state index in [9.17, 15) is 4.79 Å². The van der Waals surface area contributed by atoms with Gasteiger partial charge in [-0.05, 0) is 31.9 Å². The normalized spacial score (nSPS) is 19.6. The highest BCUT2D eigenvalue weighted by molar-refractivity contribution is 6.00. The second-order valence-corrected chi connectivity index (χ2v) is 4.03. The first kappa shape index (κ1) is 9.25. The van der Waals surface area contributed by atoms with Gasteiger partial charge < -0.3 is 4.90 Å². The molecule has 1 heterocycles. The third-order valence-corrected chi connectivity index (χ3v) is 3.03. The second-order valence-electron chi connectivity index (χ2n) is 4.03. The van der Waals surface area contributed by atoms with E-state index < -0.39 is 0 Å². The fraction of sp³-hybridized carbons (Fsp3) is 0.417. The number of hydrogen-bond donors (Lipinski definition) is 0. The highest BCUT2D eigenvalue weighted by Crippen LogP contribution is 2.34. The summed E-state index contributed by atoms with van der Waals surface area (Å²) in [5, 5.41) is 0. The van der Waals surface area contributed by atoms with E-state index in [1.807, 2.05) is 12.1 Å². The molecule has 1 unspecified atom stereocenters. The van der Waals surface area contributed by atoms with Crippen molar-refractivity contribution in [3.63, 3.8) is 0 Å². The van der Waals surface area contributed by atoms with Gasteiger partial charge in [-0.1, -0.05) is 12.1 Å². The van der Waals surface area contributed by atoms with Crippen LogP contribution in [0.1, 0.15) is 29.8 Å². The number of anilines is 1. The predicted octanol–water partition coefficient (Wildman–Crippen LogP) is 2.27. The monoisotopic (exact) mass is 189 g/mol. The molecule has 0 aromatic heterocycles. The van der Waals surface area contributed by atoms with Gasteiger partial charge in [-0.2, -0.15) is 0 Å². The van der Waals surface area contributed by atoms with E-state index in [1.165, 1.54) is 5.56 Å². The van der Waals surface area contributed by atoms with Gasteiger partial charge in [0.25, 0.3) is 0 Å². The van der Waals surface area contributed by atoms with Crippen LogP contribution in [-0.4, -0.2) is 18.9 Å². The fourth-order valence-corrected chi connectivity index (χ4v) is 2.13. The molecule has 0 radical (unpaired) electrons. The number of fused-ring (bicyclic) bond motifs is 1. The van der Waals surface area contributed by atoms with Gasteiger partial charge in [0.05, 0.1) is 5.69 Å². The van der Waals surface area contributed by atoms with Gasteiger partial charge >= 0.3 is 0 Å². The van der Waals surface area contributed by atoms with Crippen LogP contribution in [0.2, 0.25) is 0 Å². The van der Waals surface area contributed by atoms with Gasteiger partial charge in [0.15, 0.2) is 5.78 Å². The molecule has 74 valence electrons. The number of benzene rings is 1. The zero-order chi connectivity index (χ0) is 10.3. The van der Waals surface area contributed by atoms with Crippen molar-refractivity contribution in [2.75, 3.05) is 11.9 Å². The number of rotatable bonds is 1. The van der Waals surface area contributed by atoms with Crippen LogP contribution in [0.15, 0.2) is 18.2 Å². The molecule has 0 saturated heterocycles. The van der Waals surface area contributed by atoms with Crippen LogP contribution in [0, 0.1) is 0 Å². The number of nitrogens with zero attached hydrogens (tertiary/aromatic N) is 1. The molecule has 0 N–H and O–H groups in total. The Morgan fingerprint density at radius 1 is 1.50 bits per heavy atom. The van der Waals surface area contributed by atoms with Crippen LogP contribution in [0.5, 0.6) is 0 Å². The summed E-state index contributed by atoms with van der Waals surface area (Å²) in [7, 11) is 2.06. The quantitative estimate of drug-likeness (QED) is 0.632. The molecule has 14 heavy (non-hydrogen) atoms. The lowest BCUT2D eigenvalue weighted by Gasteiger charge is -2.20. The average Bonchev–Trinajstić information content (AvgIpc) is 2.43. The van der Waals surface area contributed by atoms with Gasteiger partial charge in [-0.3, -0.25) is 4.79 Å². The van der Waals surface area contributed by atoms with Crippen LogP contribution in [0.25, 0.3) is 0 Å². The van der Waals surface area contributed by atoms with E-state index in [0.29, 0.717) is 6.04 Å². The van der Waals surface area contributed by atoms with Crippen molar-refractivity contribution in [3.8, 4) is 0 Å². The van der Waals surface area contributed by atoms with E-state index in [1.54, 1.807) is 6.92 Å². The van der Waals surface area contributed by atoms with Gasteiger partial charge in [0.2, 0.25) is 0 Å². The minimum absolute atomic E-state index is 0.155. The summed E-state index contributed by atoms with van der Waals surface area (Å²) in [6.45, 7) is 3.82. The van der Waals surface area contributed by atoms with Crippen molar-refractivity contribution in [2.45, 2.75) is 26.3 Å². The van der Waals surface area contributed by atoms with Crippen LogP contribution < -0.4 is 4.90 Å². The number of carbonyl (C=O) groups excluding carboxylic acids is 1. The summed E-state index contributed by atoms with van der Waals surface area (Å²) in [4.78, 5) is 13.6. The predicted molar refractivity (Wildman–Crippen MR) is 58.0 cm³/mol. The first-order valence-electron chi connectivity index (χ1n) is 4.97. The third-order valence-electron chi connectivity index (χ3n) is 3.03. The van der Waals surface area contributed by atoms with Crippen molar-refractivity contribution in [2.24, 2.45) is 0 Å². The maximum Gasteiger partial charge on any atom is 0.161 e. The minimum Gasteiger partial charge on any atom is -0.371 e. The first-order valence-corrected chi connectivity index (χ1v) is 4.97. The van der Waals surface area contributed by atoms with Crippen molar-refractivity contribution in [1.82, 2.24) is 0 Å². The van der Waals surface area contributed by atoms with E-state index in [0.717, 1.165) is 17.7 Å². The third kappa shape index (κ3) is 1.22. The van der Waals surface area contributed by atoms with Crippen LogP contribution >= 0.6 is 0 Å². The molecule has 2 nitrogen and oxygen atoms in total. The van der Waals surface area contributed by atoms with Crippen molar-refractivity contribution < 1.29 is 4.79 Å². The molecule has 1 atom stereocenters. The Bertz CT molecular complexity index is 384. The molecule has 1 aliphatic rings. The number of carbonyl (C=O) groups is 1. The van der Waals surface area contributed by atoms with Gasteiger partial charge in [-0.15, -0.1) is 0 Å². The summed E-state index contributed by atoms with van der Waals surface area (Å²) in [6, 6.07) is 6.50. The highest BCUT2D eigenvalue weighted by Gasteiger charge is 2.26. The lowest BCUT2D eigenvalue weighted by molar-refractivity contribution is 0.101. The molecule has 0 saturated carbocycles. The Labute approximate surface area is 84.5 Å². The number of ketones is 1. The Hall–Kier alpha value is -1.31. The Morgan fingerprint density at radius 3 is 2.86 bits per heavy atom. The molecule has 1 aliphatic heterocycles. The molecule has 1 aromatic rings. The average molecular weight is 189 g/mol. The maximum atomic E-state index is 11.4. The summed E-state index contributed by atoms with van der Waals surface area (Å²) in [5.41, 5.74) is 3.29. The largest absolute Gasteiger partial charge is 0.371 e. The number of likely N-dealkylation sites (N-methyl/N-ethyl adjacent to an activating group) is 1. The first-order chi connectivity index (χ1) is 6.61. The molecule has 2 heteroatoms. The molecule has 0 bridgehead atoms.